The zero-order valence-electron chi connectivity index (χ0n) is 12.7. The normalized spacial score (nSPS) is 18.4. The second kappa shape index (κ2) is 6.26. The predicted octanol–water partition coefficient (Wildman–Crippen LogP) is 1.36. The van der Waals surface area contributed by atoms with Gasteiger partial charge in [-0.25, -0.2) is 0 Å². The van der Waals surface area contributed by atoms with Crippen molar-refractivity contribution < 1.29 is 14.7 Å². The Morgan fingerprint density at radius 2 is 1.95 bits per heavy atom. The molecule has 0 aliphatic carbocycles. The van der Waals surface area contributed by atoms with E-state index in [0.717, 1.165) is 11.1 Å². The summed E-state index contributed by atoms with van der Waals surface area (Å²) < 4.78 is 0. The first-order valence-electron chi connectivity index (χ1n) is 7.19. The van der Waals surface area contributed by atoms with Crippen LogP contribution in [0.1, 0.15) is 25.0 Å². The zero-order chi connectivity index (χ0) is 15.6. The number of nitrogens with zero attached hydrogens (tertiary/aromatic N) is 2. The number of amides is 1. The topological polar surface area (TPSA) is 60.9 Å². The van der Waals surface area contributed by atoms with Gasteiger partial charge in [0.1, 0.15) is 6.04 Å². The monoisotopic (exact) mass is 290 g/mol. The largest absolute Gasteiger partial charge is 0.480 e. The maximum Gasteiger partial charge on any atom is 0.321 e. The number of hydrogen-bond donors (Lipinski definition) is 1. The predicted molar refractivity (Wildman–Crippen MR) is 79.9 cm³/mol. The number of aliphatic carboxylic acids is 1. The van der Waals surface area contributed by atoms with Crippen molar-refractivity contribution in [2.24, 2.45) is 0 Å². The molecule has 5 nitrogen and oxygen atoms in total. The van der Waals surface area contributed by atoms with Crippen molar-refractivity contribution in [2.75, 3.05) is 13.6 Å². The maximum atomic E-state index is 12.2. The maximum absolute atomic E-state index is 12.2. The summed E-state index contributed by atoms with van der Waals surface area (Å²) >= 11 is 0. The van der Waals surface area contributed by atoms with Gasteiger partial charge in [0.15, 0.2) is 0 Å². The first-order chi connectivity index (χ1) is 9.90. The summed E-state index contributed by atoms with van der Waals surface area (Å²) in [4.78, 5) is 27.1. The molecule has 1 aliphatic rings. The number of hydrogen-bond acceptors (Lipinski definition) is 3. The molecular formula is C16H22N2O3. The molecule has 0 unspecified atom stereocenters. The van der Waals surface area contributed by atoms with Crippen molar-refractivity contribution in [1.29, 1.82) is 0 Å². The first kappa shape index (κ1) is 15.5. The third kappa shape index (κ3) is 3.42. The van der Waals surface area contributed by atoms with E-state index in [1.807, 2.05) is 38.1 Å². The highest BCUT2D eigenvalue weighted by Gasteiger charge is 2.33. The second-order valence-corrected chi connectivity index (χ2v) is 5.83. The summed E-state index contributed by atoms with van der Waals surface area (Å²) in [6.45, 7) is 4.53. The Labute approximate surface area is 125 Å². The van der Waals surface area contributed by atoms with E-state index in [2.05, 4.69) is 0 Å². The highest BCUT2D eigenvalue weighted by molar-refractivity contribution is 5.80. The Hall–Kier alpha value is -1.88. The van der Waals surface area contributed by atoms with Crippen molar-refractivity contribution in [3.63, 3.8) is 0 Å². The minimum Gasteiger partial charge on any atom is -0.480 e. The molecule has 2 rings (SSSR count). The molecule has 21 heavy (non-hydrogen) atoms. The van der Waals surface area contributed by atoms with Gasteiger partial charge >= 0.3 is 5.97 Å². The number of carboxylic acid groups (broad SMARTS) is 1. The standard InChI is InChI=1S/C16H22N2O3/c1-11(2)17(3)15(19)10-18-9-13-7-5-4-6-12(13)8-14(18)16(20)21/h4-7,11,14H,8-10H2,1-3H3,(H,20,21)/t14-/m0/s1. The van der Waals surface area contributed by atoms with Gasteiger partial charge < -0.3 is 10.0 Å². The highest BCUT2D eigenvalue weighted by Crippen LogP contribution is 2.23. The molecule has 0 fully saturated rings. The summed E-state index contributed by atoms with van der Waals surface area (Å²) in [5.74, 6) is -0.917. The van der Waals surface area contributed by atoms with Crippen LogP contribution in [-0.4, -0.2) is 52.5 Å². The van der Waals surface area contributed by atoms with Crippen LogP contribution in [0.2, 0.25) is 0 Å². The third-order valence-corrected chi connectivity index (χ3v) is 4.14. The van der Waals surface area contributed by atoms with E-state index in [1.165, 1.54) is 0 Å². The Morgan fingerprint density at radius 1 is 1.33 bits per heavy atom. The molecule has 1 atom stereocenters. The van der Waals surface area contributed by atoms with Crippen molar-refractivity contribution in [1.82, 2.24) is 9.80 Å². The molecule has 114 valence electrons. The number of carbonyl (C=O) groups excluding carboxylic acids is 1. The van der Waals surface area contributed by atoms with Gasteiger partial charge in [0, 0.05) is 19.6 Å². The van der Waals surface area contributed by atoms with E-state index in [1.54, 1.807) is 16.8 Å². The number of benzene rings is 1. The second-order valence-electron chi connectivity index (χ2n) is 5.83. The van der Waals surface area contributed by atoms with Crippen LogP contribution < -0.4 is 0 Å². The Kier molecular flexibility index (Phi) is 4.63. The lowest BCUT2D eigenvalue weighted by atomic mass is 9.94. The SMILES string of the molecule is CC(C)N(C)C(=O)CN1Cc2ccccc2C[C@H]1C(=O)O. The molecule has 1 N–H and O–H groups in total. The van der Waals surface area contributed by atoms with Gasteiger partial charge in [-0.3, -0.25) is 14.5 Å². The van der Waals surface area contributed by atoms with Crippen molar-refractivity contribution in [3.8, 4) is 0 Å². The first-order valence-corrected chi connectivity index (χ1v) is 7.19. The molecule has 1 aromatic carbocycles. The fraction of sp³-hybridized carbons (Fsp3) is 0.500. The minimum atomic E-state index is -0.871. The van der Waals surface area contributed by atoms with Crippen molar-refractivity contribution in [3.05, 3.63) is 35.4 Å². The zero-order valence-corrected chi connectivity index (χ0v) is 12.7. The van der Waals surface area contributed by atoms with Crippen LogP contribution >= 0.6 is 0 Å². The average Bonchev–Trinajstić information content (AvgIpc) is 2.45. The lowest BCUT2D eigenvalue weighted by Gasteiger charge is -2.35. The van der Waals surface area contributed by atoms with Crippen LogP contribution in [0.15, 0.2) is 24.3 Å². The van der Waals surface area contributed by atoms with Crippen LogP contribution in [0, 0.1) is 0 Å². The molecule has 0 spiro atoms. The van der Waals surface area contributed by atoms with Crippen LogP contribution in [0.25, 0.3) is 0 Å². The highest BCUT2D eigenvalue weighted by atomic mass is 16.4. The van der Waals surface area contributed by atoms with E-state index in [0.29, 0.717) is 13.0 Å². The van der Waals surface area contributed by atoms with E-state index < -0.39 is 12.0 Å². The van der Waals surface area contributed by atoms with E-state index in [4.69, 9.17) is 0 Å². The van der Waals surface area contributed by atoms with Crippen molar-refractivity contribution in [2.45, 2.75) is 38.9 Å². The van der Waals surface area contributed by atoms with E-state index >= 15 is 0 Å². The molecule has 1 aromatic rings. The molecule has 0 saturated carbocycles. The minimum absolute atomic E-state index is 0.0457. The van der Waals surface area contributed by atoms with Gasteiger partial charge in [-0.1, -0.05) is 24.3 Å². The fourth-order valence-electron chi connectivity index (χ4n) is 2.56. The fourth-order valence-corrected chi connectivity index (χ4v) is 2.56. The molecule has 0 bridgehead atoms. The van der Waals surface area contributed by atoms with Crippen LogP contribution in [0.4, 0.5) is 0 Å². The van der Waals surface area contributed by atoms with Crippen LogP contribution in [0.3, 0.4) is 0 Å². The van der Waals surface area contributed by atoms with Crippen LogP contribution in [0.5, 0.6) is 0 Å². The van der Waals surface area contributed by atoms with E-state index in [9.17, 15) is 14.7 Å². The number of likely N-dealkylation sites (N-methyl/N-ethyl adjacent to an activating group) is 1. The van der Waals surface area contributed by atoms with Gasteiger partial charge in [0.25, 0.3) is 0 Å². The quantitative estimate of drug-likeness (QED) is 0.909. The number of carbonyl (C=O) groups is 2. The Morgan fingerprint density at radius 3 is 2.52 bits per heavy atom. The molecule has 0 aromatic heterocycles. The molecule has 0 saturated heterocycles. The smallest absolute Gasteiger partial charge is 0.321 e. The molecule has 5 heteroatoms. The summed E-state index contributed by atoms with van der Waals surface area (Å²) in [6, 6.07) is 7.30. The lowest BCUT2D eigenvalue weighted by Crippen LogP contribution is -2.50. The number of carboxylic acids is 1. The number of rotatable bonds is 4. The molecule has 1 heterocycles. The Balaban J connectivity index is 2.17. The average molecular weight is 290 g/mol. The van der Waals surface area contributed by atoms with Gasteiger partial charge in [-0.2, -0.15) is 0 Å². The molecule has 1 amide bonds. The number of fused-ring (bicyclic) bond motifs is 1. The summed E-state index contributed by atoms with van der Waals surface area (Å²) in [5.41, 5.74) is 2.17. The summed E-state index contributed by atoms with van der Waals surface area (Å²) in [6.07, 6.45) is 0.449. The van der Waals surface area contributed by atoms with Crippen molar-refractivity contribution >= 4 is 11.9 Å². The van der Waals surface area contributed by atoms with Gasteiger partial charge in [0.05, 0.1) is 6.54 Å². The molecule has 1 aliphatic heterocycles. The third-order valence-electron chi connectivity index (χ3n) is 4.14. The van der Waals surface area contributed by atoms with Gasteiger partial charge in [0.2, 0.25) is 5.91 Å². The molecule has 0 radical (unpaired) electrons. The van der Waals surface area contributed by atoms with E-state index in [-0.39, 0.29) is 18.5 Å². The summed E-state index contributed by atoms with van der Waals surface area (Å²) in [7, 11) is 1.75. The van der Waals surface area contributed by atoms with Gasteiger partial charge in [-0.15, -0.1) is 0 Å². The van der Waals surface area contributed by atoms with Gasteiger partial charge in [-0.05, 0) is 31.4 Å². The lowest BCUT2D eigenvalue weighted by molar-refractivity contribution is -0.145. The Bertz CT molecular complexity index is 542. The molecular weight excluding hydrogens is 268 g/mol. The van der Waals surface area contributed by atoms with Crippen LogP contribution in [-0.2, 0) is 22.6 Å². The summed E-state index contributed by atoms with van der Waals surface area (Å²) in [5, 5.41) is 9.43.